The Hall–Kier alpha value is -0.640. The predicted molar refractivity (Wildman–Crippen MR) is 72.8 cm³/mol. The summed E-state index contributed by atoms with van der Waals surface area (Å²) in [5.74, 6) is 0. The van der Waals surface area contributed by atoms with Crippen molar-refractivity contribution in [2.75, 3.05) is 20.6 Å². The van der Waals surface area contributed by atoms with Gasteiger partial charge in [0.05, 0.1) is 4.90 Å². The highest BCUT2D eigenvalue weighted by molar-refractivity contribution is 9.10. The molecular weight excluding hydrogens is 361 g/mol. The molecule has 1 aromatic rings. The highest BCUT2D eigenvalue weighted by Gasteiger charge is 2.35. The number of nitrogens with zero attached hydrogens (tertiary/aromatic N) is 1. The molecule has 0 heterocycles. The zero-order valence-electron chi connectivity index (χ0n) is 10.8. The molecule has 0 aliphatic rings. The molecule has 0 aliphatic heterocycles. The summed E-state index contributed by atoms with van der Waals surface area (Å²) < 4.78 is 61.6. The second-order valence-electron chi connectivity index (χ2n) is 4.17. The third kappa shape index (κ3) is 4.44. The zero-order valence-corrected chi connectivity index (χ0v) is 13.2. The Labute approximate surface area is 124 Å². The zero-order chi connectivity index (χ0) is 15.6. The van der Waals surface area contributed by atoms with E-state index >= 15 is 0 Å². The van der Waals surface area contributed by atoms with Gasteiger partial charge in [0.15, 0.2) is 0 Å². The summed E-state index contributed by atoms with van der Waals surface area (Å²) in [6.45, 7) is -1.00. The number of hydrogen-bond donors (Lipinski definition) is 1. The van der Waals surface area contributed by atoms with Gasteiger partial charge in [-0.25, -0.2) is 8.42 Å². The number of nitrogens with one attached hydrogen (secondary N) is 1. The smallest absolute Gasteiger partial charge is 0.316 e. The van der Waals surface area contributed by atoms with E-state index in [4.69, 9.17) is 0 Å². The maximum absolute atomic E-state index is 12.3. The fourth-order valence-corrected chi connectivity index (χ4v) is 3.81. The number of alkyl halides is 3. The number of halogens is 4. The predicted octanol–water partition coefficient (Wildman–Crippen LogP) is 2.35. The van der Waals surface area contributed by atoms with Crippen LogP contribution in [0.5, 0.6) is 0 Å². The molecule has 0 unspecified atom stereocenters. The molecule has 0 radical (unpaired) electrons. The Bertz CT molecular complexity index is 576. The van der Waals surface area contributed by atoms with Crippen LogP contribution in [0.15, 0.2) is 27.6 Å². The molecule has 0 bridgehead atoms. The van der Waals surface area contributed by atoms with Crippen LogP contribution in [0, 0.1) is 0 Å². The highest BCUT2D eigenvalue weighted by Crippen LogP contribution is 2.27. The number of rotatable bonds is 5. The summed E-state index contributed by atoms with van der Waals surface area (Å²) in [6.07, 6.45) is -4.58. The van der Waals surface area contributed by atoms with Gasteiger partial charge in [-0.05, 0) is 40.7 Å². The summed E-state index contributed by atoms with van der Waals surface area (Å²) >= 11 is 3.09. The lowest BCUT2D eigenvalue weighted by Crippen LogP contribution is -2.36. The summed E-state index contributed by atoms with van der Waals surface area (Å²) in [5, 5.41) is 2.89. The largest absolute Gasteiger partial charge is 0.402 e. The molecule has 0 atom stereocenters. The molecule has 1 rings (SSSR count). The average Bonchev–Trinajstić information content (AvgIpc) is 2.26. The van der Waals surface area contributed by atoms with E-state index in [9.17, 15) is 21.6 Å². The van der Waals surface area contributed by atoms with Crippen molar-refractivity contribution >= 4 is 26.0 Å². The highest BCUT2D eigenvalue weighted by atomic mass is 79.9. The summed E-state index contributed by atoms with van der Waals surface area (Å²) in [5.41, 5.74) is 0.816. The third-order valence-electron chi connectivity index (χ3n) is 2.47. The second kappa shape index (κ2) is 6.42. The molecule has 0 aromatic heterocycles. The van der Waals surface area contributed by atoms with Crippen LogP contribution in [0.25, 0.3) is 0 Å². The fourth-order valence-electron chi connectivity index (χ4n) is 1.57. The van der Waals surface area contributed by atoms with Gasteiger partial charge in [-0.2, -0.15) is 17.5 Å². The lowest BCUT2D eigenvalue weighted by molar-refractivity contribution is -0.134. The van der Waals surface area contributed by atoms with Crippen molar-refractivity contribution in [3.05, 3.63) is 28.2 Å². The van der Waals surface area contributed by atoms with Gasteiger partial charge < -0.3 is 5.32 Å². The van der Waals surface area contributed by atoms with Crippen molar-refractivity contribution < 1.29 is 21.6 Å². The number of sulfonamides is 1. The van der Waals surface area contributed by atoms with E-state index in [0.29, 0.717) is 6.54 Å². The van der Waals surface area contributed by atoms with Crippen LogP contribution in [-0.2, 0) is 16.6 Å². The minimum atomic E-state index is -4.58. The molecular formula is C11H14BrF3N2O2S. The SMILES string of the molecule is CNCc1ccc(S(=O)(=O)N(C)CC(F)(F)F)c(Br)c1. The normalized spacial score (nSPS) is 12.9. The molecule has 0 saturated heterocycles. The van der Waals surface area contributed by atoms with Crippen LogP contribution < -0.4 is 5.32 Å². The molecule has 0 aliphatic carbocycles. The first kappa shape index (κ1) is 17.4. The van der Waals surface area contributed by atoms with E-state index in [2.05, 4.69) is 21.2 Å². The Balaban J connectivity index is 3.10. The van der Waals surface area contributed by atoms with Crippen LogP contribution in [0.4, 0.5) is 13.2 Å². The quantitative estimate of drug-likeness (QED) is 0.860. The molecule has 0 saturated carbocycles. The lowest BCUT2D eigenvalue weighted by Gasteiger charge is -2.19. The van der Waals surface area contributed by atoms with Gasteiger partial charge in [-0.3, -0.25) is 0 Å². The van der Waals surface area contributed by atoms with E-state index in [0.717, 1.165) is 12.6 Å². The van der Waals surface area contributed by atoms with Crippen molar-refractivity contribution in [2.45, 2.75) is 17.6 Å². The van der Waals surface area contributed by atoms with Crippen LogP contribution in [0.2, 0.25) is 0 Å². The average molecular weight is 375 g/mol. The number of benzene rings is 1. The Morgan fingerprint density at radius 3 is 2.40 bits per heavy atom. The van der Waals surface area contributed by atoms with Crippen molar-refractivity contribution in [1.29, 1.82) is 0 Å². The molecule has 0 fully saturated rings. The Morgan fingerprint density at radius 1 is 1.35 bits per heavy atom. The Morgan fingerprint density at radius 2 is 1.95 bits per heavy atom. The van der Waals surface area contributed by atoms with Gasteiger partial charge in [-0.15, -0.1) is 0 Å². The first-order chi connectivity index (χ1) is 9.08. The van der Waals surface area contributed by atoms with E-state index in [1.165, 1.54) is 6.07 Å². The third-order valence-corrected chi connectivity index (χ3v) is 5.25. The summed E-state index contributed by atoms with van der Waals surface area (Å²) in [6, 6.07) is 4.40. The first-order valence-electron chi connectivity index (χ1n) is 5.54. The van der Waals surface area contributed by atoms with Gasteiger partial charge in [0.1, 0.15) is 6.54 Å². The Kier molecular flexibility index (Phi) is 5.59. The molecule has 0 amide bonds. The topological polar surface area (TPSA) is 49.4 Å². The monoisotopic (exact) mass is 374 g/mol. The van der Waals surface area contributed by atoms with Crippen LogP contribution >= 0.6 is 15.9 Å². The van der Waals surface area contributed by atoms with Crippen molar-refractivity contribution in [1.82, 2.24) is 9.62 Å². The van der Waals surface area contributed by atoms with Gasteiger partial charge in [0, 0.05) is 18.1 Å². The van der Waals surface area contributed by atoms with E-state index < -0.39 is 22.7 Å². The molecule has 114 valence electrons. The standard InChI is InChI=1S/C11H14BrF3N2O2S/c1-16-6-8-3-4-10(9(12)5-8)20(18,19)17(2)7-11(13,14)15/h3-5,16H,6-7H2,1-2H3. The molecule has 9 heteroatoms. The van der Waals surface area contributed by atoms with Crippen LogP contribution in [0.3, 0.4) is 0 Å². The van der Waals surface area contributed by atoms with Gasteiger partial charge in [0.25, 0.3) is 0 Å². The van der Waals surface area contributed by atoms with E-state index in [-0.39, 0.29) is 13.7 Å². The lowest BCUT2D eigenvalue weighted by atomic mass is 10.2. The maximum atomic E-state index is 12.3. The molecule has 1 N–H and O–H groups in total. The first-order valence-corrected chi connectivity index (χ1v) is 7.77. The number of hydrogen-bond acceptors (Lipinski definition) is 3. The fraction of sp³-hybridized carbons (Fsp3) is 0.455. The van der Waals surface area contributed by atoms with Gasteiger partial charge >= 0.3 is 6.18 Å². The summed E-state index contributed by atoms with van der Waals surface area (Å²) in [7, 11) is -1.56. The van der Waals surface area contributed by atoms with E-state index in [1.54, 1.807) is 19.2 Å². The van der Waals surface area contributed by atoms with Crippen molar-refractivity contribution in [3.63, 3.8) is 0 Å². The maximum Gasteiger partial charge on any atom is 0.402 e. The molecule has 20 heavy (non-hydrogen) atoms. The van der Waals surface area contributed by atoms with Crippen LogP contribution in [0.1, 0.15) is 5.56 Å². The van der Waals surface area contributed by atoms with Crippen molar-refractivity contribution in [3.8, 4) is 0 Å². The second-order valence-corrected chi connectivity index (χ2v) is 7.04. The summed E-state index contributed by atoms with van der Waals surface area (Å²) in [4.78, 5) is -0.191. The molecule has 4 nitrogen and oxygen atoms in total. The van der Waals surface area contributed by atoms with E-state index in [1.807, 2.05) is 0 Å². The van der Waals surface area contributed by atoms with Crippen molar-refractivity contribution in [2.24, 2.45) is 0 Å². The minimum absolute atomic E-state index is 0.191. The van der Waals surface area contributed by atoms with Crippen LogP contribution in [-0.4, -0.2) is 39.5 Å². The molecule has 1 aromatic carbocycles. The van der Waals surface area contributed by atoms with Gasteiger partial charge in [0.2, 0.25) is 10.0 Å². The minimum Gasteiger partial charge on any atom is -0.316 e. The van der Waals surface area contributed by atoms with Gasteiger partial charge in [-0.1, -0.05) is 6.07 Å². The molecule has 0 spiro atoms.